The average molecular weight is 130 g/mol. The molecule has 1 rings (SSSR count). The van der Waals surface area contributed by atoms with Gasteiger partial charge in [-0.1, -0.05) is 6.92 Å². The van der Waals surface area contributed by atoms with E-state index in [1.165, 1.54) is 0 Å². The van der Waals surface area contributed by atoms with E-state index < -0.39 is 0 Å². The fraction of sp³-hybridized carbons (Fsp3) is 1.00. The zero-order valence-electron chi connectivity index (χ0n) is 5.75. The van der Waals surface area contributed by atoms with Crippen molar-refractivity contribution < 1.29 is 10.2 Å². The van der Waals surface area contributed by atoms with Gasteiger partial charge in [0.25, 0.3) is 0 Å². The molecule has 2 heteroatoms. The summed E-state index contributed by atoms with van der Waals surface area (Å²) in [4.78, 5) is 0. The van der Waals surface area contributed by atoms with E-state index in [-0.39, 0.29) is 18.1 Å². The summed E-state index contributed by atoms with van der Waals surface area (Å²) in [5.41, 5.74) is 0. The maximum atomic E-state index is 9.18. The summed E-state index contributed by atoms with van der Waals surface area (Å²) >= 11 is 0. The predicted octanol–water partition coefficient (Wildman–Crippen LogP) is 0.528. The van der Waals surface area contributed by atoms with Gasteiger partial charge in [0.2, 0.25) is 0 Å². The Kier molecular flexibility index (Phi) is 2.09. The van der Waals surface area contributed by atoms with Gasteiger partial charge in [0.15, 0.2) is 0 Å². The zero-order chi connectivity index (χ0) is 6.85. The van der Waals surface area contributed by atoms with Gasteiger partial charge in [0.05, 0.1) is 12.2 Å². The van der Waals surface area contributed by atoms with Crippen molar-refractivity contribution in [2.45, 2.75) is 38.4 Å². The largest absolute Gasteiger partial charge is 0.393 e. The zero-order valence-corrected chi connectivity index (χ0v) is 5.75. The van der Waals surface area contributed by atoms with Gasteiger partial charge in [-0.2, -0.15) is 0 Å². The van der Waals surface area contributed by atoms with E-state index >= 15 is 0 Å². The Bertz CT molecular complexity index is 92.9. The van der Waals surface area contributed by atoms with Gasteiger partial charge in [-0.15, -0.1) is 0 Å². The molecule has 2 N–H and O–H groups in total. The van der Waals surface area contributed by atoms with Crippen molar-refractivity contribution in [2.24, 2.45) is 5.92 Å². The van der Waals surface area contributed by atoms with Crippen LogP contribution in [0.5, 0.6) is 0 Å². The minimum absolute atomic E-state index is 0.164. The molecule has 0 aromatic heterocycles. The Morgan fingerprint density at radius 1 is 1.22 bits per heavy atom. The molecular formula is C7H14O2. The molecule has 1 aliphatic carbocycles. The normalized spacial score (nSPS) is 45.0. The van der Waals surface area contributed by atoms with Crippen molar-refractivity contribution in [1.29, 1.82) is 0 Å². The van der Waals surface area contributed by atoms with Crippen LogP contribution in [0.4, 0.5) is 0 Å². The molecule has 0 aliphatic heterocycles. The lowest BCUT2D eigenvalue weighted by molar-refractivity contribution is 0.0142. The average Bonchev–Trinajstić information content (AvgIpc) is 1.80. The number of aliphatic hydroxyl groups is 2. The summed E-state index contributed by atoms with van der Waals surface area (Å²) in [6.07, 6.45) is 1.96. The molecule has 0 heterocycles. The molecule has 3 atom stereocenters. The summed E-state index contributed by atoms with van der Waals surface area (Å²) in [7, 11) is 0. The molecule has 0 aromatic rings. The Balaban J connectivity index is 2.35. The molecule has 0 saturated heterocycles. The lowest BCUT2D eigenvalue weighted by Crippen LogP contribution is -2.29. The van der Waals surface area contributed by atoms with Crippen LogP contribution in [0.1, 0.15) is 26.2 Å². The van der Waals surface area contributed by atoms with Crippen LogP contribution < -0.4 is 0 Å². The second kappa shape index (κ2) is 2.67. The van der Waals surface area contributed by atoms with Crippen molar-refractivity contribution >= 4 is 0 Å². The molecule has 0 radical (unpaired) electrons. The Morgan fingerprint density at radius 3 is 2.33 bits per heavy atom. The van der Waals surface area contributed by atoms with Crippen molar-refractivity contribution in [1.82, 2.24) is 0 Å². The molecule has 0 bridgehead atoms. The van der Waals surface area contributed by atoms with Crippen LogP contribution in [-0.4, -0.2) is 22.4 Å². The molecular weight excluding hydrogens is 116 g/mol. The third kappa shape index (κ3) is 1.66. The monoisotopic (exact) mass is 130 g/mol. The number of rotatable bonds is 0. The van der Waals surface area contributed by atoms with Crippen molar-refractivity contribution in [3.8, 4) is 0 Å². The molecule has 0 amide bonds. The lowest BCUT2D eigenvalue weighted by atomic mass is 9.86. The molecule has 1 saturated carbocycles. The highest BCUT2D eigenvalue weighted by Crippen LogP contribution is 2.23. The first kappa shape index (κ1) is 7.03. The molecule has 54 valence electrons. The molecule has 0 spiro atoms. The summed E-state index contributed by atoms with van der Waals surface area (Å²) in [6.45, 7) is 1.98. The predicted molar refractivity (Wildman–Crippen MR) is 35.0 cm³/mol. The van der Waals surface area contributed by atoms with E-state index in [1.54, 1.807) is 0 Å². The first-order chi connectivity index (χ1) is 4.20. The van der Waals surface area contributed by atoms with Crippen molar-refractivity contribution in [3.05, 3.63) is 0 Å². The van der Waals surface area contributed by atoms with Crippen LogP contribution in [0.25, 0.3) is 0 Å². The lowest BCUT2D eigenvalue weighted by Gasteiger charge is -2.27. The highest BCUT2D eigenvalue weighted by molar-refractivity contribution is 4.75. The summed E-state index contributed by atoms with van der Waals surface area (Å²) < 4.78 is 0. The molecule has 3 unspecified atom stereocenters. The quantitative estimate of drug-likeness (QED) is 0.502. The third-order valence-corrected chi connectivity index (χ3v) is 2.10. The maximum Gasteiger partial charge on any atom is 0.0567 e. The highest BCUT2D eigenvalue weighted by atomic mass is 16.3. The van der Waals surface area contributed by atoms with E-state index in [2.05, 4.69) is 0 Å². The third-order valence-electron chi connectivity index (χ3n) is 2.10. The minimum atomic E-state index is -0.173. The summed E-state index contributed by atoms with van der Waals surface area (Å²) in [5, 5.41) is 18.3. The van der Waals surface area contributed by atoms with Gasteiger partial charge in [-0.05, 0) is 25.2 Å². The molecule has 1 aliphatic rings. The van der Waals surface area contributed by atoms with Gasteiger partial charge in [-0.3, -0.25) is 0 Å². The van der Waals surface area contributed by atoms with E-state index in [4.69, 9.17) is 5.11 Å². The van der Waals surface area contributed by atoms with Crippen molar-refractivity contribution in [2.75, 3.05) is 0 Å². The van der Waals surface area contributed by atoms with Crippen molar-refractivity contribution in [3.63, 3.8) is 0 Å². The van der Waals surface area contributed by atoms with Crippen LogP contribution in [0.15, 0.2) is 0 Å². The molecule has 9 heavy (non-hydrogen) atoms. The summed E-state index contributed by atoms with van der Waals surface area (Å²) in [6, 6.07) is 0. The number of hydrogen-bond acceptors (Lipinski definition) is 2. The van der Waals surface area contributed by atoms with Crippen LogP contribution in [-0.2, 0) is 0 Å². The maximum absolute atomic E-state index is 9.18. The van der Waals surface area contributed by atoms with E-state index in [1.807, 2.05) is 6.92 Å². The Hall–Kier alpha value is -0.0800. The fourth-order valence-electron chi connectivity index (χ4n) is 1.35. The Labute approximate surface area is 55.5 Å². The minimum Gasteiger partial charge on any atom is -0.393 e. The first-order valence-electron chi connectivity index (χ1n) is 3.56. The fourth-order valence-corrected chi connectivity index (χ4v) is 1.35. The number of aliphatic hydroxyl groups excluding tert-OH is 2. The topological polar surface area (TPSA) is 40.5 Å². The van der Waals surface area contributed by atoms with Gasteiger partial charge in [0, 0.05) is 0 Å². The summed E-state index contributed by atoms with van der Waals surface area (Å²) in [5.74, 6) is 0.286. The Morgan fingerprint density at radius 2 is 1.89 bits per heavy atom. The standard InChI is InChI=1S/C7H14O2/c1-5-4-6(8)2-3-7(5)9/h5-9H,2-4H2,1H3. The van der Waals surface area contributed by atoms with E-state index in [0.717, 1.165) is 19.3 Å². The second-order valence-electron chi connectivity index (χ2n) is 3.01. The van der Waals surface area contributed by atoms with Crippen LogP contribution in [0, 0.1) is 5.92 Å². The highest BCUT2D eigenvalue weighted by Gasteiger charge is 2.23. The van der Waals surface area contributed by atoms with Crippen LogP contribution >= 0.6 is 0 Å². The SMILES string of the molecule is CC1CC(O)CCC1O. The van der Waals surface area contributed by atoms with Crippen LogP contribution in [0.2, 0.25) is 0 Å². The molecule has 0 aromatic carbocycles. The van der Waals surface area contributed by atoms with Crippen LogP contribution in [0.3, 0.4) is 0 Å². The van der Waals surface area contributed by atoms with Gasteiger partial charge in [-0.25, -0.2) is 0 Å². The van der Waals surface area contributed by atoms with E-state index in [0.29, 0.717) is 0 Å². The van der Waals surface area contributed by atoms with Gasteiger partial charge < -0.3 is 10.2 Å². The number of hydrogen-bond donors (Lipinski definition) is 2. The van der Waals surface area contributed by atoms with Gasteiger partial charge >= 0.3 is 0 Å². The first-order valence-corrected chi connectivity index (χ1v) is 3.56. The smallest absolute Gasteiger partial charge is 0.0567 e. The van der Waals surface area contributed by atoms with E-state index in [9.17, 15) is 5.11 Å². The van der Waals surface area contributed by atoms with Gasteiger partial charge in [0.1, 0.15) is 0 Å². The molecule has 1 fully saturated rings. The molecule has 2 nitrogen and oxygen atoms in total. The second-order valence-corrected chi connectivity index (χ2v) is 3.01.